The zero-order valence-corrected chi connectivity index (χ0v) is 15.5. The Morgan fingerprint density at radius 2 is 0.889 bits per heavy atom. The van der Waals surface area contributed by atoms with E-state index in [1.165, 1.54) is 0 Å². The first-order chi connectivity index (χ1) is 5.71. The average Bonchev–Trinajstić information content (AvgIpc) is 1.42. The van der Waals surface area contributed by atoms with Crippen molar-refractivity contribution >= 4 is 23.5 Å². The van der Waals surface area contributed by atoms with Crippen LogP contribution >= 0.6 is 23.5 Å². The Kier molecular flexibility index (Phi) is 31.0. The smallest absolute Gasteiger partial charge is 0.790 e. The molecule has 1 N–H and O–H groups in total. The minimum Gasteiger partial charge on any atom is -0.790 e. The summed E-state index contributed by atoms with van der Waals surface area (Å²) in [5.74, 6) is 0. The molecule has 0 aromatic rings. The summed E-state index contributed by atoms with van der Waals surface area (Å²) in [5, 5.41) is 0. The molecule has 100 valence electrons. The largest absolute Gasteiger partial charge is 2.00 e. The summed E-state index contributed by atoms with van der Waals surface area (Å²) in [7, 11) is -16.5. The molecule has 18 heteroatoms. The van der Waals surface area contributed by atoms with Gasteiger partial charge in [0.25, 0.3) is 0 Å². The number of phosphoric acid groups is 3. The third kappa shape index (κ3) is 76.0. The molecule has 0 bridgehead atoms. The third-order valence-corrected chi connectivity index (χ3v) is 1.80. The van der Waals surface area contributed by atoms with Crippen molar-refractivity contribution in [3.8, 4) is 0 Å². The molecule has 0 atom stereocenters. The first-order valence-corrected chi connectivity index (χ1v) is 6.62. The van der Waals surface area contributed by atoms with Gasteiger partial charge < -0.3 is 52.3 Å². The SMILES string of the molecule is O=P([O-])([O-])O.O=P([O-])([O-])OP(=O)([O-])[O-].[Fe+2].[Fe+2].[Li+].[Na+]. The van der Waals surface area contributed by atoms with Crippen LogP contribution in [0.25, 0.3) is 0 Å². The van der Waals surface area contributed by atoms with Gasteiger partial charge in [0.2, 0.25) is 0 Å². The molecule has 18 heavy (non-hydrogen) atoms. The van der Waals surface area contributed by atoms with Crippen LogP contribution in [0.4, 0.5) is 0 Å². The Morgan fingerprint density at radius 1 is 0.778 bits per heavy atom. The predicted molar refractivity (Wildman–Crippen MR) is 26.1 cm³/mol. The average molecular weight is 412 g/mol. The molecule has 0 aliphatic heterocycles. The van der Waals surface area contributed by atoms with Crippen molar-refractivity contribution in [2.24, 2.45) is 0 Å². The molecule has 0 unspecified atom stereocenters. The standard InChI is InChI=1S/2Fe.Li.Na.H4O7P2.H3O4P/c;;;;1-8(2,3)7-9(4,5)6;1-5(2,3)4/h;;;;(H2,1,2,3)(H2,4,5,6);(H3,1,2,3,4)/q2*+2;2*+1;;/p-6. The molecule has 0 fully saturated rings. The van der Waals surface area contributed by atoms with Crippen LogP contribution in [-0.2, 0) is 52.1 Å². The van der Waals surface area contributed by atoms with E-state index in [-0.39, 0.29) is 82.6 Å². The maximum Gasteiger partial charge on any atom is 2.00 e. The van der Waals surface area contributed by atoms with Crippen LogP contribution in [0.15, 0.2) is 0 Å². The van der Waals surface area contributed by atoms with Crippen LogP contribution in [0.3, 0.4) is 0 Å². The zero-order chi connectivity index (χ0) is 12.2. The molecule has 0 saturated heterocycles. The third-order valence-electron chi connectivity index (χ3n) is 0.200. The van der Waals surface area contributed by atoms with Gasteiger partial charge in [-0.2, -0.15) is 0 Å². The Bertz CT molecular complexity index is 273. The number of rotatable bonds is 2. The van der Waals surface area contributed by atoms with Gasteiger partial charge in [0, 0.05) is 0 Å². The molecule has 0 aliphatic rings. The van der Waals surface area contributed by atoms with Crippen molar-refractivity contribution in [2.45, 2.75) is 0 Å². The van der Waals surface area contributed by atoms with Gasteiger partial charge in [-0.3, -0.25) is 0 Å². The summed E-state index contributed by atoms with van der Waals surface area (Å²) in [6, 6.07) is 0. The second-order valence-corrected chi connectivity index (χ2v) is 4.82. The molecule has 0 spiro atoms. The fraction of sp³-hybridized carbons (Fsp3) is 0. The molecule has 0 saturated carbocycles. The van der Waals surface area contributed by atoms with Crippen molar-refractivity contribution in [1.82, 2.24) is 0 Å². The first-order valence-electron chi connectivity index (χ1n) is 2.21. The molecule has 0 heterocycles. The van der Waals surface area contributed by atoms with Gasteiger partial charge in [0.05, 0.1) is 23.5 Å². The number of hydrogen-bond acceptors (Lipinski definition) is 10. The van der Waals surface area contributed by atoms with Crippen molar-refractivity contribution in [3.05, 3.63) is 0 Å². The van der Waals surface area contributed by atoms with Crippen LogP contribution < -0.4 is 77.8 Å². The maximum absolute atomic E-state index is 9.32. The van der Waals surface area contributed by atoms with Crippen molar-refractivity contribution in [2.75, 3.05) is 0 Å². The summed E-state index contributed by atoms with van der Waals surface area (Å²) in [6.45, 7) is 0. The van der Waals surface area contributed by atoms with Crippen LogP contribution in [-0.4, -0.2) is 4.89 Å². The molecule has 0 aromatic heterocycles. The van der Waals surface area contributed by atoms with E-state index in [2.05, 4.69) is 4.31 Å². The van der Waals surface area contributed by atoms with Gasteiger partial charge in [0.1, 0.15) is 0 Å². The van der Waals surface area contributed by atoms with E-state index in [1.54, 1.807) is 0 Å². The monoisotopic (exact) mass is 412 g/mol. The predicted octanol–water partition coefficient (Wildman–Crippen LogP) is -11.5. The van der Waals surface area contributed by atoms with Gasteiger partial charge in [-0.25, -0.2) is 0 Å². The van der Waals surface area contributed by atoms with E-state index in [4.69, 9.17) is 19.2 Å². The van der Waals surface area contributed by atoms with E-state index >= 15 is 0 Å². The minimum absolute atomic E-state index is 0. The first kappa shape index (κ1) is 37.3. The van der Waals surface area contributed by atoms with Crippen molar-refractivity contribution in [1.29, 1.82) is 0 Å². The fourth-order valence-corrected chi connectivity index (χ4v) is 1.10. The minimum atomic E-state index is -5.68. The summed E-state index contributed by atoms with van der Waals surface area (Å²) < 4.78 is 29.8. The van der Waals surface area contributed by atoms with E-state index in [0.29, 0.717) is 0 Å². The van der Waals surface area contributed by atoms with E-state index < -0.39 is 23.5 Å². The topological polar surface area (TPSA) is 219 Å². The van der Waals surface area contributed by atoms with Crippen LogP contribution in [0.2, 0.25) is 0 Å². The molecule has 0 aliphatic carbocycles. The summed E-state index contributed by atoms with van der Waals surface area (Å²) in [5.41, 5.74) is 0. The van der Waals surface area contributed by atoms with Crippen LogP contribution in [0, 0.1) is 0 Å². The normalized spacial score (nSPS) is 10.2. The van der Waals surface area contributed by atoms with E-state index in [0.717, 1.165) is 0 Å². The van der Waals surface area contributed by atoms with Crippen molar-refractivity contribution in [3.63, 3.8) is 0 Å². The van der Waals surface area contributed by atoms with Gasteiger partial charge in [-0.15, -0.1) is 0 Å². The second kappa shape index (κ2) is 14.9. The molecular weight excluding hydrogens is 411 g/mol. The summed E-state index contributed by atoms with van der Waals surface area (Å²) >= 11 is 0. The Labute approximate surface area is 157 Å². The zero-order valence-electron chi connectivity index (χ0n) is 8.58. The molecule has 0 aromatic carbocycles. The Morgan fingerprint density at radius 3 is 0.889 bits per heavy atom. The molecule has 0 rings (SSSR count). The molecule has 11 nitrogen and oxygen atoms in total. The second-order valence-electron chi connectivity index (χ2n) is 1.44. The number of hydrogen-bond donors (Lipinski definition) is 1. The van der Waals surface area contributed by atoms with Gasteiger partial charge in [0.15, 0.2) is 0 Å². The molecule has 0 radical (unpaired) electrons. The van der Waals surface area contributed by atoms with E-state index in [9.17, 15) is 28.7 Å². The van der Waals surface area contributed by atoms with Crippen LogP contribution in [0.1, 0.15) is 0 Å². The molecule has 0 amide bonds. The Balaban J connectivity index is -0.0000000359. The van der Waals surface area contributed by atoms with Gasteiger partial charge >= 0.3 is 82.6 Å². The van der Waals surface area contributed by atoms with Gasteiger partial charge in [-0.05, 0) is 0 Å². The Hall–Kier alpha value is 3.01. The quantitative estimate of drug-likeness (QED) is 0.332. The van der Waals surface area contributed by atoms with Gasteiger partial charge in [-0.1, -0.05) is 0 Å². The van der Waals surface area contributed by atoms with E-state index in [1.807, 2.05) is 0 Å². The molecular formula is HFe2LiNaO11P3. The fourth-order valence-electron chi connectivity index (χ4n) is 0.122. The summed E-state index contributed by atoms with van der Waals surface area (Å²) in [4.78, 5) is 61.6. The van der Waals surface area contributed by atoms with Crippen LogP contribution in [0.5, 0.6) is 0 Å². The maximum atomic E-state index is 9.32. The summed E-state index contributed by atoms with van der Waals surface area (Å²) in [6.07, 6.45) is 0. The van der Waals surface area contributed by atoms with Crippen molar-refractivity contribution < 1.29 is 135 Å².